The minimum absolute atomic E-state index is 0.0385. The van der Waals surface area contributed by atoms with Crippen molar-refractivity contribution < 1.29 is 4.92 Å². The zero-order chi connectivity index (χ0) is 15.4. The predicted molar refractivity (Wildman–Crippen MR) is 81.9 cm³/mol. The molecule has 0 heterocycles. The number of alkyl halides is 1. The topological polar surface area (TPSA) is 70.2 Å². The number of nitrogens with zero attached hydrogens (tertiary/aromatic N) is 3. The van der Waals surface area contributed by atoms with E-state index in [1.54, 1.807) is 48.3 Å². The van der Waals surface area contributed by atoms with Gasteiger partial charge >= 0.3 is 0 Å². The maximum absolute atomic E-state index is 11.3. The molecule has 0 aliphatic carbocycles. The fourth-order valence-corrected chi connectivity index (χ4v) is 2.24. The van der Waals surface area contributed by atoms with Crippen LogP contribution >= 0.6 is 11.6 Å². The zero-order valence-corrected chi connectivity index (χ0v) is 12.0. The van der Waals surface area contributed by atoms with Gasteiger partial charge in [0.05, 0.1) is 16.2 Å². The number of hydrogen-bond acceptors (Lipinski definition) is 4. The molecule has 2 aromatic carbocycles. The lowest BCUT2D eigenvalue weighted by Crippen LogP contribution is -2.13. The average molecular weight is 302 g/mol. The van der Waals surface area contributed by atoms with E-state index in [0.29, 0.717) is 22.5 Å². The highest BCUT2D eigenvalue weighted by molar-refractivity contribution is 6.17. The van der Waals surface area contributed by atoms with Crippen molar-refractivity contribution in [1.82, 2.24) is 0 Å². The summed E-state index contributed by atoms with van der Waals surface area (Å²) in [6.07, 6.45) is 0. The van der Waals surface area contributed by atoms with Crippen LogP contribution in [0.5, 0.6) is 0 Å². The van der Waals surface area contributed by atoms with Gasteiger partial charge in [-0.15, -0.1) is 11.6 Å². The van der Waals surface area contributed by atoms with E-state index in [4.69, 9.17) is 16.9 Å². The molecule has 0 saturated heterocycles. The van der Waals surface area contributed by atoms with Crippen LogP contribution in [0.1, 0.15) is 11.1 Å². The summed E-state index contributed by atoms with van der Waals surface area (Å²) in [7, 11) is 1.69. The molecule has 0 aliphatic heterocycles. The summed E-state index contributed by atoms with van der Waals surface area (Å²) in [6, 6.07) is 13.9. The van der Waals surface area contributed by atoms with Crippen LogP contribution in [0.25, 0.3) is 0 Å². The van der Waals surface area contributed by atoms with E-state index < -0.39 is 4.92 Å². The van der Waals surface area contributed by atoms with Crippen LogP contribution < -0.4 is 4.90 Å². The summed E-state index contributed by atoms with van der Waals surface area (Å²) in [5.41, 5.74) is 2.12. The second-order valence-electron chi connectivity index (χ2n) is 4.40. The van der Waals surface area contributed by atoms with Gasteiger partial charge in [-0.25, -0.2) is 0 Å². The first kappa shape index (κ1) is 14.8. The molecule has 0 aliphatic rings. The number of halogens is 1. The fraction of sp³-hybridized carbons (Fsp3) is 0.133. The molecule has 0 aromatic heterocycles. The third-order valence-corrected chi connectivity index (χ3v) is 3.45. The number of nitro benzene ring substituents is 1. The van der Waals surface area contributed by atoms with E-state index in [1.165, 1.54) is 6.07 Å². The smallest absolute Gasteiger partial charge is 0.293 e. The van der Waals surface area contributed by atoms with Crippen LogP contribution in [0.3, 0.4) is 0 Å². The lowest BCUT2D eigenvalue weighted by Gasteiger charge is -2.20. The molecule has 0 saturated carbocycles. The molecule has 5 nitrogen and oxygen atoms in total. The minimum atomic E-state index is -0.448. The number of para-hydroxylation sites is 1. The van der Waals surface area contributed by atoms with E-state index in [0.717, 1.165) is 0 Å². The SMILES string of the molecule is CN(c1ccccc1C#N)c1ccc(CCl)cc1[N+](=O)[O-]. The molecule has 2 rings (SSSR count). The van der Waals surface area contributed by atoms with E-state index in [1.807, 2.05) is 0 Å². The highest BCUT2D eigenvalue weighted by atomic mass is 35.5. The number of hydrogen-bond donors (Lipinski definition) is 0. The first-order valence-electron chi connectivity index (χ1n) is 6.14. The second kappa shape index (κ2) is 6.25. The number of nitriles is 1. The average Bonchev–Trinajstić information content (AvgIpc) is 2.53. The Morgan fingerprint density at radius 2 is 2.00 bits per heavy atom. The van der Waals surface area contributed by atoms with Crippen molar-refractivity contribution in [2.45, 2.75) is 5.88 Å². The Bertz CT molecular complexity index is 725. The summed E-state index contributed by atoms with van der Waals surface area (Å²) in [6.45, 7) is 0. The van der Waals surface area contributed by atoms with Gasteiger partial charge in [0, 0.05) is 19.0 Å². The Morgan fingerprint density at radius 3 is 2.62 bits per heavy atom. The van der Waals surface area contributed by atoms with Gasteiger partial charge in [0.1, 0.15) is 11.8 Å². The van der Waals surface area contributed by atoms with Crippen molar-refractivity contribution >= 4 is 28.7 Å². The molecule has 0 spiro atoms. The first-order valence-corrected chi connectivity index (χ1v) is 6.68. The number of benzene rings is 2. The summed E-state index contributed by atoms with van der Waals surface area (Å²) in [5.74, 6) is 0.208. The maximum atomic E-state index is 11.3. The molecule has 0 fully saturated rings. The number of rotatable bonds is 4. The lowest BCUT2D eigenvalue weighted by atomic mass is 10.1. The van der Waals surface area contributed by atoms with Crippen LogP contribution in [0.2, 0.25) is 0 Å². The predicted octanol–water partition coefficient (Wildman–Crippen LogP) is 3.97. The molecular formula is C15H12ClN3O2. The van der Waals surface area contributed by atoms with Gasteiger partial charge in [0.25, 0.3) is 5.69 Å². The minimum Gasteiger partial charge on any atom is -0.338 e. The van der Waals surface area contributed by atoms with Crippen molar-refractivity contribution in [3.63, 3.8) is 0 Å². The summed E-state index contributed by atoms with van der Waals surface area (Å²) in [5, 5.41) is 20.4. The van der Waals surface area contributed by atoms with Gasteiger partial charge in [-0.2, -0.15) is 5.26 Å². The van der Waals surface area contributed by atoms with Crippen LogP contribution in [-0.4, -0.2) is 12.0 Å². The van der Waals surface area contributed by atoms with Gasteiger partial charge in [0.15, 0.2) is 0 Å². The Morgan fingerprint density at radius 1 is 1.29 bits per heavy atom. The Kier molecular flexibility index (Phi) is 4.41. The van der Waals surface area contributed by atoms with Gasteiger partial charge in [-0.3, -0.25) is 10.1 Å². The maximum Gasteiger partial charge on any atom is 0.293 e. The molecule has 0 radical (unpaired) electrons. The first-order chi connectivity index (χ1) is 10.1. The van der Waals surface area contributed by atoms with E-state index in [2.05, 4.69) is 6.07 Å². The van der Waals surface area contributed by atoms with Gasteiger partial charge in [0.2, 0.25) is 0 Å². The molecule has 0 atom stereocenters. The molecular weight excluding hydrogens is 290 g/mol. The lowest BCUT2D eigenvalue weighted by molar-refractivity contribution is -0.384. The monoisotopic (exact) mass is 301 g/mol. The highest BCUT2D eigenvalue weighted by Crippen LogP contribution is 2.34. The number of anilines is 2. The van der Waals surface area contributed by atoms with Crippen molar-refractivity contribution in [2.75, 3.05) is 11.9 Å². The largest absolute Gasteiger partial charge is 0.338 e. The van der Waals surface area contributed by atoms with Crippen LogP contribution in [-0.2, 0) is 5.88 Å². The van der Waals surface area contributed by atoms with Crippen LogP contribution in [0.15, 0.2) is 42.5 Å². The molecule has 6 heteroatoms. The Balaban J connectivity index is 2.56. The van der Waals surface area contributed by atoms with Crippen LogP contribution in [0, 0.1) is 21.4 Å². The number of nitro groups is 1. The van der Waals surface area contributed by atoms with Crippen LogP contribution in [0.4, 0.5) is 17.1 Å². The second-order valence-corrected chi connectivity index (χ2v) is 4.67. The molecule has 0 unspecified atom stereocenters. The molecule has 2 aromatic rings. The zero-order valence-electron chi connectivity index (χ0n) is 11.3. The van der Waals surface area contributed by atoms with Crippen molar-refractivity contribution in [2.24, 2.45) is 0 Å². The normalized spacial score (nSPS) is 9.95. The molecule has 0 N–H and O–H groups in total. The molecule has 0 bridgehead atoms. The molecule has 0 amide bonds. The Hall–Kier alpha value is -2.58. The standard InChI is InChI=1S/C15H12ClN3O2/c1-18(13-5-3-2-4-12(13)10-17)14-7-6-11(9-16)8-15(14)19(20)21/h2-8H,9H2,1H3. The van der Waals surface area contributed by atoms with Gasteiger partial charge < -0.3 is 4.90 Å². The Labute approximate surface area is 127 Å². The van der Waals surface area contributed by atoms with Gasteiger partial charge in [-0.05, 0) is 23.8 Å². The van der Waals surface area contributed by atoms with E-state index in [9.17, 15) is 10.1 Å². The van der Waals surface area contributed by atoms with E-state index in [-0.39, 0.29) is 11.6 Å². The van der Waals surface area contributed by atoms with Gasteiger partial charge in [-0.1, -0.05) is 18.2 Å². The summed E-state index contributed by atoms with van der Waals surface area (Å²) >= 11 is 5.72. The highest BCUT2D eigenvalue weighted by Gasteiger charge is 2.20. The van der Waals surface area contributed by atoms with Crippen molar-refractivity contribution in [1.29, 1.82) is 5.26 Å². The third-order valence-electron chi connectivity index (χ3n) is 3.14. The molecule has 21 heavy (non-hydrogen) atoms. The quantitative estimate of drug-likeness (QED) is 0.486. The fourth-order valence-electron chi connectivity index (χ4n) is 2.07. The summed E-state index contributed by atoms with van der Waals surface area (Å²) in [4.78, 5) is 12.4. The molecule has 106 valence electrons. The van der Waals surface area contributed by atoms with E-state index >= 15 is 0 Å². The third kappa shape index (κ3) is 2.96. The van der Waals surface area contributed by atoms with Crippen molar-refractivity contribution in [3.8, 4) is 6.07 Å². The summed E-state index contributed by atoms with van der Waals surface area (Å²) < 4.78 is 0. The van der Waals surface area contributed by atoms with Crippen molar-refractivity contribution in [3.05, 3.63) is 63.7 Å².